The molecule has 4 bridgehead atoms. The Hall–Kier alpha value is -4.19. The number of fused-ring (bicyclic) bond motifs is 10. The fourth-order valence-corrected chi connectivity index (χ4v) is 7.60. The van der Waals surface area contributed by atoms with Crippen LogP contribution in [-0.2, 0) is 54.6 Å². The lowest BCUT2D eigenvalue weighted by Gasteiger charge is -2.28. The number of rotatable bonds is 8. The fraction of sp³-hybridized carbons (Fsp3) is 0.263. The Labute approximate surface area is 336 Å². The average molecular weight is 965 g/mol. The topological polar surface area (TPSA) is 162 Å². The molecular formula is C38H36Br2IN3O9. The van der Waals surface area contributed by atoms with E-state index in [-0.39, 0.29) is 37.6 Å². The first-order chi connectivity index (χ1) is 25.4. The molecule has 2 heterocycles. The van der Waals surface area contributed by atoms with Gasteiger partial charge in [0.1, 0.15) is 24.7 Å². The predicted molar refractivity (Wildman–Crippen MR) is 210 cm³/mol. The van der Waals surface area contributed by atoms with Crippen LogP contribution in [0, 0.1) is 3.57 Å². The highest BCUT2D eigenvalue weighted by atomic mass is 127. The Kier molecular flexibility index (Phi) is 14.1. The van der Waals surface area contributed by atoms with Crippen molar-refractivity contribution < 1.29 is 43.2 Å². The van der Waals surface area contributed by atoms with E-state index in [1.807, 2.05) is 71.1 Å². The zero-order valence-corrected chi connectivity index (χ0v) is 33.9. The van der Waals surface area contributed by atoms with Crippen molar-refractivity contribution in [1.82, 2.24) is 16.0 Å². The number of amides is 3. The summed E-state index contributed by atoms with van der Waals surface area (Å²) in [4.78, 5) is 54.5. The maximum Gasteiger partial charge on any atom is 0.408 e. The Morgan fingerprint density at radius 3 is 2.13 bits per heavy atom. The Balaban J connectivity index is 1.54. The summed E-state index contributed by atoms with van der Waals surface area (Å²) in [7, 11) is 1.21. The first kappa shape index (κ1) is 40.0. The van der Waals surface area contributed by atoms with Crippen molar-refractivity contribution in [2.45, 2.75) is 57.2 Å². The normalized spacial score (nSPS) is 18.1. The molecule has 0 saturated heterocycles. The second kappa shape index (κ2) is 18.7. The van der Waals surface area contributed by atoms with Crippen molar-refractivity contribution in [2.75, 3.05) is 7.11 Å². The number of carbonyl (C=O) groups is 4. The van der Waals surface area contributed by atoms with Crippen LogP contribution in [-0.4, -0.2) is 60.3 Å². The molecule has 4 atom stereocenters. The maximum absolute atomic E-state index is 14.2. The number of alkyl carbamates (subject to hydrolysis) is 1. The summed E-state index contributed by atoms with van der Waals surface area (Å²) < 4.78 is 24.1. The minimum absolute atomic E-state index is 0.00584. The molecule has 4 aromatic rings. The van der Waals surface area contributed by atoms with Crippen molar-refractivity contribution >= 4 is 78.3 Å². The molecule has 0 fully saturated rings. The highest BCUT2D eigenvalue weighted by Crippen LogP contribution is 2.42. The number of phenolic OH excluding ortho intramolecular Hbond substituents is 1. The van der Waals surface area contributed by atoms with Crippen LogP contribution < -0.4 is 20.7 Å². The third-order valence-corrected chi connectivity index (χ3v) is 10.3. The zero-order chi connectivity index (χ0) is 38.1. The number of hydrogen-bond donors (Lipinski definition) is 4. The van der Waals surface area contributed by atoms with Gasteiger partial charge in [0.25, 0.3) is 0 Å². The van der Waals surface area contributed by atoms with Gasteiger partial charge in [-0.1, -0.05) is 60.7 Å². The van der Waals surface area contributed by atoms with Crippen LogP contribution in [0.5, 0.6) is 17.2 Å². The molecule has 2 aliphatic heterocycles. The molecule has 4 N–H and O–H groups in total. The summed E-state index contributed by atoms with van der Waals surface area (Å²) in [5.41, 5.74) is 2.71. The first-order valence-electron chi connectivity index (χ1n) is 16.4. The molecule has 0 aliphatic carbocycles. The number of aromatic hydroxyl groups is 1. The van der Waals surface area contributed by atoms with Gasteiger partial charge in [-0.05, 0) is 108 Å². The second-order valence-corrected chi connectivity index (χ2v) is 15.0. The van der Waals surface area contributed by atoms with Gasteiger partial charge < -0.3 is 40.0 Å². The van der Waals surface area contributed by atoms with Crippen LogP contribution in [0.15, 0.2) is 93.9 Å². The van der Waals surface area contributed by atoms with Crippen LogP contribution >= 0.6 is 54.5 Å². The molecule has 4 aromatic carbocycles. The van der Waals surface area contributed by atoms with E-state index in [0.717, 1.165) is 11.1 Å². The number of methoxy groups -OCH3 is 1. The quantitative estimate of drug-likeness (QED) is 0.115. The van der Waals surface area contributed by atoms with E-state index in [1.165, 1.54) is 7.11 Å². The maximum atomic E-state index is 14.2. The summed E-state index contributed by atoms with van der Waals surface area (Å²) in [6.45, 7) is 1.69. The minimum Gasteiger partial charge on any atom is -0.504 e. The molecule has 15 heteroatoms. The first-order valence-corrected chi connectivity index (χ1v) is 19.1. The lowest BCUT2D eigenvalue weighted by molar-refractivity contribution is -0.146. The van der Waals surface area contributed by atoms with Gasteiger partial charge >= 0.3 is 12.1 Å². The number of carbonyl (C=O) groups excluding carboxylic acids is 4. The Bertz CT molecular complexity index is 1930. The SMILES string of the molecule is COC(=O)[C@@H]1Cc2cc(Br)c(c(Br)c2)Oc2cc(cc(I)c2O)C[C@H](NC(=O)OCc2ccccc2)C(=O)N[C@H](C(C)OCc2ccccc2)C(=O)N1. The smallest absolute Gasteiger partial charge is 0.408 e. The van der Waals surface area contributed by atoms with Gasteiger partial charge in [0.05, 0.1) is 32.3 Å². The third-order valence-electron chi connectivity index (χ3n) is 8.27. The molecule has 0 aromatic heterocycles. The van der Waals surface area contributed by atoms with E-state index in [1.54, 1.807) is 43.3 Å². The van der Waals surface area contributed by atoms with E-state index < -0.39 is 48.1 Å². The molecule has 1 unspecified atom stereocenters. The van der Waals surface area contributed by atoms with Gasteiger partial charge in [0.2, 0.25) is 11.8 Å². The van der Waals surface area contributed by atoms with Gasteiger partial charge in [0, 0.05) is 12.8 Å². The van der Waals surface area contributed by atoms with Crippen molar-refractivity contribution in [3.8, 4) is 17.2 Å². The van der Waals surface area contributed by atoms with Gasteiger partial charge in [0.15, 0.2) is 17.2 Å². The number of benzene rings is 4. The van der Waals surface area contributed by atoms with Crippen LogP contribution in [0.2, 0.25) is 0 Å². The van der Waals surface area contributed by atoms with Gasteiger partial charge in [-0.15, -0.1) is 0 Å². The van der Waals surface area contributed by atoms with E-state index in [2.05, 4.69) is 47.8 Å². The van der Waals surface area contributed by atoms with Crippen LogP contribution in [0.25, 0.3) is 0 Å². The molecule has 0 spiro atoms. The molecule has 2 aliphatic rings. The van der Waals surface area contributed by atoms with Crippen molar-refractivity contribution in [3.05, 3.63) is 120 Å². The van der Waals surface area contributed by atoms with Crippen molar-refractivity contribution in [3.63, 3.8) is 0 Å². The van der Waals surface area contributed by atoms with Crippen molar-refractivity contribution in [1.29, 1.82) is 0 Å². The summed E-state index contributed by atoms with van der Waals surface area (Å²) in [6.07, 6.45) is -1.88. The zero-order valence-electron chi connectivity index (χ0n) is 28.6. The molecule has 0 radical (unpaired) electrons. The van der Waals surface area contributed by atoms with Crippen LogP contribution in [0.3, 0.4) is 0 Å². The van der Waals surface area contributed by atoms with Crippen LogP contribution in [0.4, 0.5) is 4.79 Å². The van der Waals surface area contributed by atoms with E-state index in [4.69, 9.17) is 18.9 Å². The molecular weight excluding hydrogens is 929 g/mol. The Morgan fingerprint density at radius 2 is 1.51 bits per heavy atom. The molecule has 12 nitrogen and oxygen atoms in total. The number of phenols is 1. The summed E-state index contributed by atoms with van der Waals surface area (Å²) >= 11 is 9.01. The van der Waals surface area contributed by atoms with E-state index >= 15 is 0 Å². The highest BCUT2D eigenvalue weighted by Gasteiger charge is 2.35. The standard InChI is InChI=1S/C38H36Br2IN3O9/c1-21(51-19-22-9-5-3-6-10-22)32-36(47)42-30(37(48)50-2)17-24-13-26(39)34(27(40)14-24)53-31-18-25(15-28(41)33(31)45)16-29(35(46)44-32)43-38(49)52-20-23-11-7-4-8-12-23/h3-15,18,21,29-30,32,45H,16-17,19-20H2,1-2H3,(H,42,47)(H,43,49)(H,44,46)/t21?,29-,30-,32+/m0/s1. The molecule has 53 heavy (non-hydrogen) atoms. The van der Waals surface area contributed by atoms with Crippen LogP contribution in [0.1, 0.15) is 29.2 Å². The fourth-order valence-electron chi connectivity index (χ4n) is 5.49. The monoisotopic (exact) mass is 963 g/mol. The van der Waals surface area contributed by atoms with Gasteiger partial charge in [-0.2, -0.15) is 0 Å². The Morgan fingerprint density at radius 1 is 0.906 bits per heavy atom. The average Bonchev–Trinajstić information content (AvgIpc) is 3.14. The number of nitrogens with one attached hydrogen (secondary N) is 3. The summed E-state index contributed by atoms with van der Waals surface area (Å²) in [6, 6.07) is 21.2. The lowest BCUT2D eigenvalue weighted by Crippen LogP contribution is -2.60. The van der Waals surface area contributed by atoms with Gasteiger partial charge in [-0.3, -0.25) is 9.59 Å². The number of halogens is 3. The lowest BCUT2D eigenvalue weighted by atomic mass is 10.0. The largest absolute Gasteiger partial charge is 0.504 e. The molecule has 278 valence electrons. The van der Waals surface area contributed by atoms with Gasteiger partial charge in [-0.25, -0.2) is 9.59 Å². The third kappa shape index (κ3) is 10.9. The molecule has 6 rings (SSSR count). The summed E-state index contributed by atoms with van der Waals surface area (Å²) in [5, 5.41) is 19.1. The molecule has 3 amide bonds. The van der Waals surface area contributed by atoms with E-state index in [0.29, 0.717) is 29.4 Å². The minimum atomic E-state index is -1.33. The van der Waals surface area contributed by atoms with E-state index in [9.17, 15) is 24.3 Å². The van der Waals surface area contributed by atoms with Crippen molar-refractivity contribution in [2.24, 2.45) is 0 Å². The summed E-state index contributed by atoms with van der Waals surface area (Å²) in [5.74, 6) is -1.91. The number of ether oxygens (including phenoxy) is 4. The highest BCUT2D eigenvalue weighted by molar-refractivity contribution is 14.1. The second-order valence-electron chi connectivity index (χ2n) is 12.2. The predicted octanol–water partition coefficient (Wildman–Crippen LogP) is 6.46. The number of esters is 1. The molecule has 0 saturated carbocycles. The number of hydrogen-bond acceptors (Lipinski definition) is 9.